The number of alkyl halides is 1. The van der Waals surface area contributed by atoms with E-state index in [0.717, 1.165) is 11.4 Å². The van der Waals surface area contributed by atoms with Gasteiger partial charge in [-0.05, 0) is 38.5 Å². The minimum atomic E-state index is 0.294. The molecule has 3 aliphatic rings. The molecular weight excluding hydrogens is 302 g/mol. The summed E-state index contributed by atoms with van der Waals surface area (Å²) in [4.78, 5) is 2.69. The summed E-state index contributed by atoms with van der Waals surface area (Å²) in [7, 11) is 0. The van der Waals surface area contributed by atoms with E-state index in [2.05, 4.69) is 20.8 Å². The van der Waals surface area contributed by atoms with Gasteiger partial charge in [-0.1, -0.05) is 41.6 Å². The number of hydrogen-bond acceptors (Lipinski definition) is 2. The predicted molar refractivity (Wildman–Crippen MR) is 82.9 cm³/mol. The summed E-state index contributed by atoms with van der Waals surface area (Å²) >= 11 is 3.61. The van der Waals surface area contributed by atoms with E-state index >= 15 is 0 Å². The minimum absolute atomic E-state index is 0.294. The normalized spacial score (nSPS) is 30.9. The quantitative estimate of drug-likeness (QED) is 0.703. The molecule has 3 heteroatoms. The number of hydrogen-bond donors (Lipinski definition) is 0. The fourth-order valence-electron chi connectivity index (χ4n) is 4.13. The lowest BCUT2D eigenvalue weighted by molar-refractivity contribution is -0.0768. The molecule has 19 heavy (non-hydrogen) atoms. The average molecular weight is 330 g/mol. The monoisotopic (exact) mass is 329 g/mol. The van der Waals surface area contributed by atoms with Crippen LogP contribution in [0.1, 0.15) is 64.2 Å². The highest BCUT2D eigenvalue weighted by atomic mass is 79.9. The first kappa shape index (κ1) is 14.3. The molecule has 0 amide bonds. The Morgan fingerprint density at radius 2 is 1.79 bits per heavy atom. The topological polar surface area (TPSA) is 12.5 Å². The van der Waals surface area contributed by atoms with Gasteiger partial charge >= 0.3 is 0 Å². The van der Waals surface area contributed by atoms with Gasteiger partial charge in [0.15, 0.2) is 0 Å². The Labute approximate surface area is 126 Å². The molecule has 1 saturated heterocycles. The van der Waals surface area contributed by atoms with E-state index in [4.69, 9.17) is 4.74 Å². The molecule has 0 radical (unpaired) electrons. The summed E-state index contributed by atoms with van der Waals surface area (Å²) in [5.74, 6) is 0. The Balaban J connectivity index is 1.51. The number of rotatable bonds is 5. The van der Waals surface area contributed by atoms with Crippen LogP contribution in [0.3, 0.4) is 0 Å². The molecule has 2 saturated carbocycles. The van der Waals surface area contributed by atoms with Crippen molar-refractivity contribution in [1.82, 2.24) is 4.90 Å². The van der Waals surface area contributed by atoms with Gasteiger partial charge in [-0.3, -0.25) is 4.90 Å². The summed E-state index contributed by atoms with van der Waals surface area (Å²) < 4.78 is 6.53. The van der Waals surface area contributed by atoms with Gasteiger partial charge in [0.1, 0.15) is 0 Å². The molecule has 1 heterocycles. The molecule has 1 spiro atoms. The molecule has 110 valence electrons. The molecule has 0 aromatic carbocycles. The van der Waals surface area contributed by atoms with Crippen LogP contribution in [0.4, 0.5) is 0 Å². The minimum Gasteiger partial charge on any atom is -0.370 e. The van der Waals surface area contributed by atoms with Crippen molar-refractivity contribution >= 4 is 15.9 Å². The van der Waals surface area contributed by atoms with E-state index in [-0.39, 0.29) is 0 Å². The van der Waals surface area contributed by atoms with Gasteiger partial charge in [0.25, 0.3) is 0 Å². The van der Waals surface area contributed by atoms with E-state index < -0.39 is 0 Å². The van der Waals surface area contributed by atoms with Crippen LogP contribution in [-0.2, 0) is 4.74 Å². The Morgan fingerprint density at radius 1 is 1.00 bits per heavy atom. The summed E-state index contributed by atoms with van der Waals surface area (Å²) in [5, 5.41) is 1.10. The van der Waals surface area contributed by atoms with Gasteiger partial charge < -0.3 is 4.74 Å². The lowest BCUT2D eigenvalue weighted by Crippen LogP contribution is -2.45. The van der Waals surface area contributed by atoms with Crippen molar-refractivity contribution in [3.05, 3.63) is 0 Å². The van der Waals surface area contributed by atoms with E-state index in [0.29, 0.717) is 11.7 Å². The zero-order chi connectivity index (χ0) is 13.1. The maximum absolute atomic E-state index is 6.53. The first-order valence-electron chi connectivity index (χ1n) is 8.29. The van der Waals surface area contributed by atoms with Crippen LogP contribution in [0.5, 0.6) is 0 Å². The first-order chi connectivity index (χ1) is 9.31. The smallest absolute Gasteiger partial charge is 0.0710 e. The highest BCUT2D eigenvalue weighted by Crippen LogP contribution is 2.42. The van der Waals surface area contributed by atoms with Crippen molar-refractivity contribution in [3.8, 4) is 0 Å². The van der Waals surface area contributed by atoms with Crippen molar-refractivity contribution < 1.29 is 4.74 Å². The van der Waals surface area contributed by atoms with Crippen molar-refractivity contribution in [1.29, 1.82) is 0 Å². The third kappa shape index (κ3) is 3.36. The molecule has 1 atom stereocenters. The van der Waals surface area contributed by atoms with E-state index in [9.17, 15) is 0 Å². The maximum Gasteiger partial charge on any atom is 0.0710 e. The Kier molecular flexibility index (Phi) is 4.86. The molecule has 1 unspecified atom stereocenters. The molecule has 0 bridgehead atoms. The molecule has 3 fully saturated rings. The van der Waals surface area contributed by atoms with Crippen LogP contribution < -0.4 is 0 Å². The molecule has 0 N–H and O–H groups in total. The molecule has 1 aliphatic heterocycles. The van der Waals surface area contributed by atoms with Gasteiger partial charge in [-0.15, -0.1) is 0 Å². The SMILES string of the molecule is BrCCN(CC1CCC2(CCCCC2)O1)C1CCC1. The Hall–Kier alpha value is 0.400. The molecule has 0 aromatic rings. The predicted octanol–water partition coefficient (Wildman–Crippen LogP) is 4.12. The zero-order valence-corrected chi connectivity index (χ0v) is 13.7. The molecule has 3 rings (SSSR count). The maximum atomic E-state index is 6.53. The fourth-order valence-corrected chi connectivity index (χ4v) is 4.59. The van der Waals surface area contributed by atoms with Gasteiger partial charge in [0, 0.05) is 24.5 Å². The van der Waals surface area contributed by atoms with E-state index in [1.807, 2.05) is 0 Å². The lowest BCUT2D eigenvalue weighted by atomic mass is 9.83. The second-order valence-corrected chi connectivity index (χ2v) is 7.58. The van der Waals surface area contributed by atoms with Crippen molar-refractivity contribution in [2.45, 2.75) is 82.0 Å². The largest absolute Gasteiger partial charge is 0.370 e. The van der Waals surface area contributed by atoms with Crippen LogP contribution in [-0.4, -0.2) is 41.1 Å². The summed E-state index contributed by atoms with van der Waals surface area (Å²) in [6.45, 7) is 2.37. The number of nitrogens with zero attached hydrogens (tertiary/aromatic N) is 1. The van der Waals surface area contributed by atoms with Crippen LogP contribution in [0.25, 0.3) is 0 Å². The highest BCUT2D eigenvalue weighted by Gasteiger charge is 2.41. The zero-order valence-electron chi connectivity index (χ0n) is 12.1. The number of ether oxygens (including phenoxy) is 1. The third-order valence-electron chi connectivity index (χ3n) is 5.50. The highest BCUT2D eigenvalue weighted by molar-refractivity contribution is 9.09. The van der Waals surface area contributed by atoms with Crippen LogP contribution in [0.2, 0.25) is 0 Å². The van der Waals surface area contributed by atoms with E-state index in [1.165, 1.54) is 77.3 Å². The standard InChI is InChI=1S/C16H28BrNO/c17-11-12-18(14-5-4-6-14)13-15-7-10-16(19-15)8-2-1-3-9-16/h14-15H,1-13H2. The van der Waals surface area contributed by atoms with Crippen LogP contribution >= 0.6 is 15.9 Å². The molecule has 2 aliphatic carbocycles. The lowest BCUT2D eigenvalue weighted by Gasteiger charge is -2.39. The van der Waals surface area contributed by atoms with Gasteiger partial charge in [-0.2, -0.15) is 0 Å². The molecular formula is C16H28BrNO. The Bertz CT molecular complexity index is 286. The van der Waals surface area contributed by atoms with Crippen molar-refractivity contribution in [2.24, 2.45) is 0 Å². The van der Waals surface area contributed by atoms with Gasteiger partial charge in [0.05, 0.1) is 11.7 Å². The molecule has 0 aromatic heterocycles. The first-order valence-corrected chi connectivity index (χ1v) is 9.41. The fraction of sp³-hybridized carbons (Fsp3) is 1.00. The summed E-state index contributed by atoms with van der Waals surface area (Å²) in [6, 6.07) is 0.851. The molecule has 2 nitrogen and oxygen atoms in total. The van der Waals surface area contributed by atoms with Crippen molar-refractivity contribution in [2.75, 3.05) is 18.4 Å². The van der Waals surface area contributed by atoms with Crippen LogP contribution in [0.15, 0.2) is 0 Å². The summed E-state index contributed by atoms with van der Waals surface area (Å²) in [5.41, 5.74) is 0.294. The second-order valence-electron chi connectivity index (χ2n) is 6.79. The third-order valence-corrected chi connectivity index (χ3v) is 5.86. The second kappa shape index (κ2) is 6.44. The summed E-state index contributed by atoms with van der Waals surface area (Å²) in [6.07, 6.45) is 14.2. The Morgan fingerprint density at radius 3 is 2.42 bits per heavy atom. The van der Waals surface area contributed by atoms with Gasteiger partial charge in [0.2, 0.25) is 0 Å². The van der Waals surface area contributed by atoms with Crippen LogP contribution in [0, 0.1) is 0 Å². The van der Waals surface area contributed by atoms with Gasteiger partial charge in [-0.25, -0.2) is 0 Å². The number of halogens is 1. The average Bonchev–Trinajstić information content (AvgIpc) is 2.71. The van der Waals surface area contributed by atoms with Crippen molar-refractivity contribution in [3.63, 3.8) is 0 Å². The van der Waals surface area contributed by atoms with E-state index in [1.54, 1.807) is 0 Å².